The molecular weight excluding hydrogens is 460 g/mol. The molecule has 1 atom stereocenters. The molecule has 174 valence electrons. The lowest BCUT2D eigenvalue weighted by molar-refractivity contribution is -0.119. The van der Waals surface area contributed by atoms with Crippen LogP contribution in [0.3, 0.4) is 0 Å². The molecule has 12 heteroatoms. The Morgan fingerprint density at radius 2 is 1.62 bits per heavy atom. The van der Waals surface area contributed by atoms with E-state index in [1.807, 2.05) is 0 Å². The summed E-state index contributed by atoms with van der Waals surface area (Å²) < 4.78 is 69.5. The number of carbonyl (C=O) groups is 1. The third kappa shape index (κ3) is 4.52. The largest absolute Gasteiger partial charge is 0.495 e. The highest BCUT2D eigenvalue weighted by Gasteiger charge is 2.42. The minimum atomic E-state index is -4.14. The molecule has 0 unspecified atom stereocenters. The van der Waals surface area contributed by atoms with E-state index < -0.39 is 31.9 Å². The van der Waals surface area contributed by atoms with Crippen LogP contribution in [0, 0.1) is 5.92 Å². The SMILES string of the molecule is COc1ccc(CNS(=O)(=O)c2cc(N3C(=O)[C@@H](C)CS3(=O)=O)ccc2OC)cc1OC. The number of nitrogens with zero attached hydrogens (tertiary/aromatic N) is 1. The molecule has 3 rings (SSSR count). The number of benzene rings is 2. The summed E-state index contributed by atoms with van der Waals surface area (Å²) in [6.07, 6.45) is 0. The lowest BCUT2D eigenvalue weighted by Gasteiger charge is -2.18. The van der Waals surface area contributed by atoms with Crippen molar-refractivity contribution in [2.24, 2.45) is 5.92 Å². The average molecular weight is 485 g/mol. The Morgan fingerprint density at radius 1 is 1.00 bits per heavy atom. The Bertz CT molecular complexity index is 1240. The van der Waals surface area contributed by atoms with Crippen LogP contribution in [-0.4, -0.2) is 49.8 Å². The van der Waals surface area contributed by atoms with Gasteiger partial charge in [-0.05, 0) is 35.9 Å². The zero-order chi connectivity index (χ0) is 23.7. The van der Waals surface area contributed by atoms with Crippen molar-refractivity contribution in [1.29, 1.82) is 0 Å². The van der Waals surface area contributed by atoms with Gasteiger partial charge in [-0.2, -0.15) is 0 Å². The molecule has 10 nitrogen and oxygen atoms in total. The molecule has 1 heterocycles. The summed E-state index contributed by atoms with van der Waals surface area (Å²) in [4.78, 5) is 12.1. The molecule has 1 N–H and O–H groups in total. The first-order chi connectivity index (χ1) is 15.0. The summed E-state index contributed by atoms with van der Waals surface area (Å²) in [6.45, 7) is 1.43. The number of amides is 1. The zero-order valence-corrected chi connectivity index (χ0v) is 19.6. The van der Waals surface area contributed by atoms with Gasteiger partial charge < -0.3 is 14.2 Å². The summed E-state index contributed by atoms with van der Waals surface area (Å²) in [7, 11) is -3.77. The van der Waals surface area contributed by atoms with Crippen LogP contribution in [0.1, 0.15) is 12.5 Å². The first-order valence-corrected chi connectivity index (χ1v) is 12.6. The van der Waals surface area contributed by atoms with Crippen LogP contribution in [0.2, 0.25) is 0 Å². The smallest absolute Gasteiger partial charge is 0.244 e. The molecule has 2 aromatic rings. The highest BCUT2D eigenvalue weighted by Crippen LogP contribution is 2.34. The Morgan fingerprint density at radius 3 is 2.19 bits per heavy atom. The second-order valence-electron chi connectivity index (χ2n) is 7.13. The average Bonchev–Trinajstić information content (AvgIpc) is 2.97. The maximum Gasteiger partial charge on any atom is 0.244 e. The van der Waals surface area contributed by atoms with Crippen molar-refractivity contribution in [2.45, 2.75) is 18.4 Å². The van der Waals surface area contributed by atoms with E-state index in [2.05, 4.69) is 4.72 Å². The molecule has 0 saturated carbocycles. The van der Waals surface area contributed by atoms with Crippen LogP contribution in [0.15, 0.2) is 41.3 Å². The van der Waals surface area contributed by atoms with E-state index in [1.54, 1.807) is 18.2 Å². The molecule has 1 aliphatic rings. The lowest BCUT2D eigenvalue weighted by Crippen LogP contribution is -2.31. The number of hydrogen-bond acceptors (Lipinski definition) is 8. The van der Waals surface area contributed by atoms with Crippen LogP contribution in [-0.2, 0) is 31.4 Å². The standard InChI is InChI=1S/C20H24N2O8S2/c1-13-12-31(24,25)22(20(13)23)15-6-8-17(29-3)19(10-15)32(26,27)21-11-14-5-7-16(28-2)18(9-14)30-4/h5-10,13,21H,11-12H2,1-4H3/t13-/m0/s1. The van der Waals surface area contributed by atoms with Crippen LogP contribution in [0.4, 0.5) is 5.69 Å². The van der Waals surface area contributed by atoms with E-state index in [4.69, 9.17) is 14.2 Å². The second kappa shape index (κ2) is 8.96. The van der Waals surface area contributed by atoms with Crippen LogP contribution in [0.5, 0.6) is 17.2 Å². The Balaban J connectivity index is 1.94. The van der Waals surface area contributed by atoms with Gasteiger partial charge >= 0.3 is 0 Å². The van der Waals surface area contributed by atoms with Gasteiger partial charge in [0.1, 0.15) is 10.6 Å². The van der Waals surface area contributed by atoms with Crippen molar-refractivity contribution in [3.63, 3.8) is 0 Å². The van der Waals surface area contributed by atoms with Crippen LogP contribution >= 0.6 is 0 Å². The Hall–Kier alpha value is -2.83. The molecule has 2 aromatic carbocycles. The van der Waals surface area contributed by atoms with Gasteiger partial charge in [-0.3, -0.25) is 4.79 Å². The summed E-state index contributed by atoms with van der Waals surface area (Å²) >= 11 is 0. The summed E-state index contributed by atoms with van der Waals surface area (Å²) in [5.41, 5.74) is 0.541. The zero-order valence-electron chi connectivity index (χ0n) is 18.0. The van der Waals surface area contributed by atoms with Crippen LogP contribution in [0.25, 0.3) is 0 Å². The molecular formula is C20H24N2O8S2. The lowest BCUT2D eigenvalue weighted by atomic mass is 10.2. The number of ether oxygens (including phenoxy) is 3. The van der Waals surface area contributed by atoms with Gasteiger partial charge in [-0.25, -0.2) is 25.9 Å². The van der Waals surface area contributed by atoms with Crippen molar-refractivity contribution in [1.82, 2.24) is 4.72 Å². The molecule has 32 heavy (non-hydrogen) atoms. The van der Waals surface area contributed by atoms with E-state index in [9.17, 15) is 21.6 Å². The number of nitrogens with one attached hydrogen (secondary N) is 1. The maximum atomic E-state index is 13.0. The van der Waals surface area contributed by atoms with Crippen molar-refractivity contribution in [3.8, 4) is 17.2 Å². The van der Waals surface area contributed by atoms with E-state index >= 15 is 0 Å². The number of rotatable bonds is 8. The van der Waals surface area contributed by atoms with E-state index in [1.165, 1.54) is 40.4 Å². The molecule has 0 aliphatic carbocycles. The van der Waals surface area contributed by atoms with Gasteiger partial charge in [0.15, 0.2) is 11.5 Å². The predicted octanol–water partition coefficient (Wildman–Crippen LogP) is 1.50. The fourth-order valence-corrected chi connectivity index (χ4v) is 6.35. The van der Waals surface area contributed by atoms with E-state index in [-0.39, 0.29) is 28.6 Å². The third-order valence-corrected chi connectivity index (χ3v) is 8.24. The van der Waals surface area contributed by atoms with Gasteiger partial charge in [-0.15, -0.1) is 0 Å². The number of anilines is 1. The van der Waals surface area contributed by atoms with Gasteiger partial charge in [0.05, 0.1) is 38.7 Å². The second-order valence-corrected chi connectivity index (χ2v) is 10.7. The normalized spacial score (nSPS) is 17.9. The Labute approximate surface area is 187 Å². The maximum absolute atomic E-state index is 13.0. The molecule has 1 amide bonds. The highest BCUT2D eigenvalue weighted by molar-refractivity contribution is 7.94. The molecule has 0 aromatic heterocycles. The molecule has 0 radical (unpaired) electrons. The van der Waals surface area contributed by atoms with Gasteiger partial charge in [-0.1, -0.05) is 13.0 Å². The van der Waals surface area contributed by atoms with Crippen molar-refractivity contribution in [3.05, 3.63) is 42.0 Å². The van der Waals surface area contributed by atoms with Crippen LogP contribution < -0.4 is 23.2 Å². The number of sulfonamides is 2. The van der Waals surface area contributed by atoms with Gasteiger partial charge in [0.2, 0.25) is 26.0 Å². The minimum absolute atomic E-state index is 0.00524. The molecule has 1 fully saturated rings. The molecule has 0 bridgehead atoms. The monoisotopic (exact) mass is 484 g/mol. The topological polar surface area (TPSA) is 128 Å². The third-order valence-electron chi connectivity index (χ3n) is 4.95. The fourth-order valence-electron chi connectivity index (χ4n) is 3.34. The van der Waals surface area contributed by atoms with Gasteiger partial charge in [0, 0.05) is 6.54 Å². The van der Waals surface area contributed by atoms with E-state index in [0.29, 0.717) is 21.4 Å². The number of methoxy groups -OCH3 is 3. The van der Waals surface area contributed by atoms with E-state index in [0.717, 1.165) is 6.07 Å². The highest BCUT2D eigenvalue weighted by atomic mass is 32.2. The number of hydrogen-bond donors (Lipinski definition) is 1. The fraction of sp³-hybridized carbons (Fsp3) is 0.350. The van der Waals surface area contributed by atoms with Gasteiger partial charge in [0.25, 0.3) is 0 Å². The van der Waals surface area contributed by atoms with Crippen molar-refractivity contribution in [2.75, 3.05) is 31.4 Å². The minimum Gasteiger partial charge on any atom is -0.495 e. The van der Waals surface area contributed by atoms with Crippen molar-refractivity contribution < 1.29 is 35.8 Å². The molecule has 1 saturated heterocycles. The molecule has 1 aliphatic heterocycles. The Kier molecular flexibility index (Phi) is 6.67. The molecule has 0 spiro atoms. The summed E-state index contributed by atoms with van der Waals surface area (Å²) in [5, 5.41) is 0. The first-order valence-electron chi connectivity index (χ1n) is 9.49. The van der Waals surface area contributed by atoms with Crippen molar-refractivity contribution >= 4 is 31.6 Å². The first kappa shape index (κ1) is 23.8. The number of carbonyl (C=O) groups excluding carboxylic acids is 1. The summed E-state index contributed by atoms with van der Waals surface area (Å²) in [6, 6.07) is 8.71. The predicted molar refractivity (Wildman–Crippen MR) is 117 cm³/mol. The quantitative estimate of drug-likeness (QED) is 0.597. The summed E-state index contributed by atoms with van der Waals surface area (Å²) in [5.74, 6) is -0.722.